The Morgan fingerprint density at radius 2 is 1.57 bits per heavy atom. The topological polar surface area (TPSA) is 58.2 Å². The normalized spacial score (nSPS) is 11.2. The van der Waals surface area contributed by atoms with Crippen LogP contribution < -0.4 is 10.9 Å². The third-order valence-electron chi connectivity index (χ3n) is 4.28. The second kappa shape index (κ2) is 7.84. The van der Waals surface area contributed by atoms with E-state index in [0.717, 1.165) is 26.4 Å². The van der Waals surface area contributed by atoms with Gasteiger partial charge in [0.25, 0.3) is 11.8 Å². The fourth-order valence-corrected chi connectivity index (χ4v) is 4.35. The molecule has 4 rings (SSSR count). The van der Waals surface area contributed by atoms with Gasteiger partial charge in [0.05, 0.1) is 5.02 Å². The van der Waals surface area contributed by atoms with Crippen LogP contribution in [0.5, 0.6) is 0 Å². The molecule has 0 aliphatic rings. The van der Waals surface area contributed by atoms with Gasteiger partial charge in [0, 0.05) is 16.2 Å². The van der Waals surface area contributed by atoms with Crippen molar-refractivity contribution in [2.24, 2.45) is 0 Å². The summed E-state index contributed by atoms with van der Waals surface area (Å²) in [6, 6.07) is 21.3. The Bertz CT molecular complexity index is 1220. The van der Waals surface area contributed by atoms with Crippen molar-refractivity contribution in [1.82, 2.24) is 10.9 Å². The van der Waals surface area contributed by atoms with Gasteiger partial charge in [-0.25, -0.2) is 0 Å². The number of hydrogen-bond donors (Lipinski definition) is 2. The summed E-state index contributed by atoms with van der Waals surface area (Å²) >= 11 is 7.57. The maximum absolute atomic E-state index is 12.4. The number of hydrazine groups is 1. The number of carbonyl (C=O) groups is 2. The van der Waals surface area contributed by atoms with Crippen LogP contribution in [-0.2, 0) is 4.79 Å². The van der Waals surface area contributed by atoms with Crippen molar-refractivity contribution in [2.45, 2.75) is 0 Å². The smallest absolute Gasteiger partial charge is 0.268 e. The van der Waals surface area contributed by atoms with E-state index < -0.39 is 11.8 Å². The summed E-state index contributed by atoms with van der Waals surface area (Å²) in [5.41, 5.74) is 5.73. The van der Waals surface area contributed by atoms with Crippen LogP contribution in [0.2, 0.25) is 5.02 Å². The van der Waals surface area contributed by atoms with Crippen LogP contribution in [0.25, 0.3) is 26.9 Å². The quantitative estimate of drug-likeness (QED) is 0.363. The molecule has 0 unspecified atom stereocenters. The Morgan fingerprint density at radius 3 is 2.39 bits per heavy atom. The largest absolute Gasteiger partial charge is 0.281 e. The summed E-state index contributed by atoms with van der Waals surface area (Å²) in [4.78, 5) is 24.8. The fourth-order valence-electron chi connectivity index (χ4n) is 2.94. The lowest BCUT2D eigenvalue weighted by atomic mass is 10.0. The first kappa shape index (κ1) is 18.2. The minimum absolute atomic E-state index is 0.362. The molecule has 0 saturated carbocycles. The van der Waals surface area contributed by atoms with E-state index in [-0.39, 0.29) is 0 Å². The maximum Gasteiger partial charge on any atom is 0.281 e. The molecule has 0 bridgehead atoms. The molecule has 6 heteroatoms. The van der Waals surface area contributed by atoms with E-state index in [9.17, 15) is 9.59 Å². The van der Waals surface area contributed by atoms with Gasteiger partial charge >= 0.3 is 0 Å². The molecule has 2 amide bonds. The number of halogens is 1. The van der Waals surface area contributed by atoms with Gasteiger partial charge in [-0.15, -0.1) is 11.3 Å². The van der Waals surface area contributed by atoms with Crippen LogP contribution in [0.4, 0.5) is 0 Å². The number of carbonyl (C=O) groups excluding carboxylic acids is 2. The molecule has 2 N–H and O–H groups in total. The van der Waals surface area contributed by atoms with Gasteiger partial charge in [-0.3, -0.25) is 20.4 Å². The van der Waals surface area contributed by atoms with Gasteiger partial charge < -0.3 is 0 Å². The summed E-state index contributed by atoms with van der Waals surface area (Å²) in [5.74, 6) is -0.878. The van der Waals surface area contributed by atoms with Crippen LogP contribution >= 0.6 is 22.9 Å². The predicted molar refractivity (Wildman–Crippen MR) is 115 cm³/mol. The molecule has 4 nitrogen and oxygen atoms in total. The zero-order chi connectivity index (χ0) is 19.5. The van der Waals surface area contributed by atoms with Gasteiger partial charge in [0.2, 0.25) is 0 Å². The molecule has 0 saturated heterocycles. The number of thiophene rings is 1. The van der Waals surface area contributed by atoms with Crippen molar-refractivity contribution >= 4 is 61.7 Å². The number of fused-ring (bicyclic) bond motifs is 2. The molecule has 0 spiro atoms. The van der Waals surface area contributed by atoms with E-state index in [0.29, 0.717) is 9.90 Å². The monoisotopic (exact) mass is 406 g/mol. The highest BCUT2D eigenvalue weighted by Gasteiger charge is 2.16. The molecule has 4 aromatic rings. The van der Waals surface area contributed by atoms with Crippen molar-refractivity contribution in [2.75, 3.05) is 0 Å². The van der Waals surface area contributed by atoms with Crippen LogP contribution in [-0.4, -0.2) is 11.8 Å². The van der Waals surface area contributed by atoms with E-state index in [4.69, 9.17) is 11.6 Å². The lowest BCUT2D eigenvalue weighted by Gasteiger charge is -2.04. The zero-order valence-corrected chi connectivity index (χ0v) is 16.2. The lowest BCUT2D eigenvalue weighted by Crippen LogP contribution is -2.40. The maximum atomic E-state index is 12.4. The van der Waals surface area contributed by atoms with Crippen LogP contribution in [0.1, 0.15) is 15.2 Å². The minimum atomic E-state index is -0.446. The Kier molecular flexibility index (Phi) is 5.10. The van der Waals surface area contributed by atoms with Gasteiger partial charge in [0.15, 0.2) is 0 Å². The van der Waals surface area contributed by atoms with Crippen LogP contribution in [0.15, 0.2) is 72.8 Å². The molecule has 1 aromatic heterocycles. The number of nitrogens with one attached hydrogen (secondary N) is 2. The van der Waals surface area contributed by atoms with Crippen LogP contribution in [0, 0.1) is 0 Å². The van der Waals surface area contributed by atoms with Gasteiger partial charge in [0.1, 0.15) is 4.88 Å². The van der Waals surface area contributed by atoms with E-state index >= 15 is 0 Å². The first-order chi connectivity index (χ1) is 13.6. The third kappa shape index (κ3) is 3.63. The summed E-state index contributed by atoms with van der Waals surface area (Å²) in [6.07, 6.45) is 3.10. The lowest BCUT2D eigenvalue weighted by molar-refractivity contribution is -0.117. The second-order valence-corrected chi connectivity index (χ2v) is 7.52. The molecule has 1 heterocycles. The van der Waals surface area contributed by atoms with Crippen molar-refractivity contribution in [1.29, 1.82) is 0 Å². The molecule has 3 aromatic carbocycles. The van der Waals surface area contributed by atoms with E-state index in [1.165, 1.54) is 17.4 Å². The molecule has 0 aliphatic carbocycles. The molecular formula is C22H15ClN2O2S. The summed E-state index contributed by atoms with van der Waals surface area (Å²) in [6.45, 7) is 0. The molecule has 0 fully saturated rings. The SMILES string of the molecule is O=C(C=Cc1cccc2ccccc12)NNC(=O)c1sc2ccccc2c1Cl. The molecular weight excluding hydrogens is 392 g/mol. The van der Waals surface area contributed by atoms with Crippen molar-refractivity contribution in [3.05, 3.63) is 88.3 Å². The third-order valence-corrected chi connectivity index (χ3v) is 5.95. The van der Waals surface area contributed by atoms with Crippen molar-refractivity contribution in [3.63, 3.8) is 0 Å². The number of amides is 2. The molecule has 28 heavy (non-hydrogen) atoms. The average molecular weight is 407 g/mol. The Balaban J connectivity index is 1.44. The summed E-state index contributed by atoms with van der Waals surface area (Å²) in [5, 5.41) is 3.35. The second-order valence-electron chi connectivity index (χ2n) is 6.09. The first-order valence-electron chi connectivity index (χ1n) is 8.56. The van der Waals surface area contributed by atoms with E-state index in [2.05, 4.69) is 10.9 Å². The molecule has 0 aliphatic heterocycles. The summed E-state index contributed by atoms with van der Waals surface area (Å²) < 4.78 is 0.917. The van der Waals surface area contributed by atoms with Gasteiger partial charge in [-0.05, 0) is 28.5 Å². The standard InChI is InChI=1S/C22H15ClN2O2S/c23-20-17-10-3-4-11-18(17)28-21(20)22(27)25-24-19(26)13-12-15-8-5-7-14-6-1-2-9-16(14)15/h1-13H,(H,24,26)(H,25,27). The molecule has 0 radical (unpaired) electrons. The zero-order valence-electron chi connectivity index (χ0n) is 14.6. The number of rotatable bonds is 3. The molecule has 0 atom stereocenters. The number of benzene rings is 3. The van der Waals surface area contributed by atoms with E-state index in [1.807, 2.05) is 66.7 Å². The Hall–Kier alpha value is -3.15. The van der Waals surface area contributed by atoms with Crippen LogP contribution in [0.3, 0.4) is 0 Å². The number of hydrogen-bond acceptors (Lipinski definition) is 3. The Morgan fingerprint density at radius 1 is 0.857 bits per heavy atom. The highest BCUT2D eigenvalue weighted by Crippen LogP contribution is 2.34. The summed E-state index contributed by atoms with van der Waals surface area (Å²) in [7, 11) is 0. The van der Waals surface area contributed by atoms with Gasteiger partial charge in [-0.1, -0.05) is 72.3 Å². The van der Waals surface area contributed by atoms with Crippen molar-refractivity contribution < 1.29 is 9.59 Å². The molecule has 138 valence electrons. The highest BCUT2D eigenvalue weighted by molar-refractivity contribution is 7.21. The minimum Gasteiger partial charge on any atom is -0.268 e. The fraction of sp³-hybridized carbons (Fsp3) is 0. The Labute approximate surface area is 170 Å². The first-order valence-corrected chi connectivity index (χ1v) is 9.76. The predicted octanol–water partition coefficient (Wildman–Crippen LogP) is 5.18. The average Bonchev–Trinajstić information content (AvgIpc) is 3.07. The van der Waals surface area contributed by atoms with Gasteiger partial charge in [-0.2, -0.15) is 0 Å². The van der Waals surface area contributed by atoms with Crippen molar-refractivity contribution in [3.8, 4) is 0 Å². The highest BCUT2D eigenvalue weighted by atomic mass is 35.5. The van der Waals surface area contributed by atoms with E-state index in [1.54, 1.807) is 6.08 Å².